The molecule has 0 aliphatic heterocycles. The minimum atomic E-state index is -0.120. The lowest BCUT2D eigenvalue weighted by Gasteiger charge is -2.15. The van der Waals surface area contributed by atoms with E-state index in [0.29, 0.717) is 12.2 Å². The summed E-state index contributed by atoms with van der Waals surface area (Å²) in [5.74, 6) is -0.120. The van der Waals surface area contributed by atoms with Crippen molar-refractivity contribution in [2.24, 2.45) is 0 Å². The van der Waals surface area contributed by atoms with Gasteiger partial charge in [0.15, 0.2) is 0 Å². The molecule has 0 radical (unpaired) electrons. The van der Waals surface area contributed by atoms with Crippen molar-refractivity contribution in [2.75, 3.05) is 13.7 Å². The van der Waals surface area contributed by atoms with Crippen LogP contribution in [0.25, 0.3) is 16.8 Å². The molecule has 1 aromatic heterocycles. The smallest absolute Gasteiger partial charge is 0.251 e. The number of nitrogens with zero attached hydrogens (tertiary/aromatic N) is 2. The number of benzene rings is 2. The molecule has 2 aromatic carbocycles. The second kappa shape index (κ2) is 7.97. The summed E-state index contributed by atoms with van der Waals surface area (Å²) >= 11 is 0. The highest BCUT2D eigenvalue weighted by molar-refractivity contribution is 5.96. The molecule has 3 aromatic rings. The number of methoxy groups -OCH3 is 1. The molecule has 26 heavy (non-hydrogen) atoms. The van der Waals surface area contributed by atoms with Crippen molar-refractivity contribution < 1.29 is 9.53 Å². The van der Waals surface area contributed by atoms with Crippen LogP contribution in [0.5, 0.6) is 0 Å². The first kappa shape index (κ1) is 17.9. The van der Waals surface area contributed by atoms with Crippen molar-refractivity contribution in [1.82, 2.24) is 14.9 Å². The molecule has 134 valence electrons. The number of amides is 1. The molecule has 0 aliphatic carbocycles. The van der Waals surface area contributed by atoms with Gasteiger partial charge in [-0.15, -0.1) is 0 Å². The van der Waals surface area contributed by atoms with Crippen LogP contribution in [0, 0.1) is 6.92 Å². The lowest BCUT2D eigenvalue weighted by molar-refractivity contribution is 0.0905. The Kier molecular flexibility index (Phi) is 5.49. The van der Waals surface area contributed by atoms with Crippen molar-refractivity contribution >= 4 is 5.91 Å². The normalized spacial score (nSPS) is 12.0. The third kappa shape index (κ3) is 4.18. The summed E-state index contributed by atoms with van der Waals surface area (Å²) in [5, 5.41) is 2.97. The van der Waals surface area contributed by atoms with E-state index in [0.717, 1.165) is 16.8 Å². The van der Waals surface area contributed by atoms with Gasteiger partial charge >= 0.3 is 0 Å². The van der Waals surface area contributed by atoms with Crippen LogP contribution in [0.3, 0.4) is 0 Å². The number of aromatic nitrogens is 2. The quantitative estimate of drug-likeness (QED) is 0.739. The van der Waals surface area contributed by atoms with E-state index >= 15 is 0 Å². The number of aryl methyl sites for hydroxylation is 1. The molecule has 0 fully saturated rings. The minimum Gasteiger partial charge on any atom is -0.383 e. The second-order valence-electron chi connectivity index (χ2n) is 6.43. The van der Waals surface area contributed by atoms with Gasteiger partial charge in [0.1, 0.15) is 0 Å². The predicted octanol–water partition coefficient (Wildman–Crippen LogP) is 3.61. The van der Waals surface area contributed by atoms with Gasteiger partial charge in [-0.2, -0.15) is 0 Å². The molecule has 0 saturated carbocycles. The SMILES string of the molecule is COCC(C)NC(=O)c1cc(-c2ccc(C)cc2)cc(-n2ccnc2)c1. The number of hydrogen-bond acceptors (Lipinski definition) is 3. The van der Waals surface area contributed by atoms with Gasteiger partial charge in [0.25, 0.3) is 5.91 Å². The van der Waals surface area contributed by atoms with Gasteiger partial charge in [0.2, 0.25) is 0 Å². The number of rotatable bonds is 6. The van der Waals surface area contributed by atoms with Gasteiger partial charge in [0.05, 0.1) is 12.9 Å². The average molecular weight is 349 g/mol. The Bertz CT molecular complexity index is 871. The molecule has 0 bridgehead atoms. The number of nitrogens with one attached hydrogen (secondary N) is 1. The average Bonchev–Trinajstić information content (AvgIpc) is 3.17. The van der Waals surface area contributed by atoms with Crippen LogP contribution in [0.4, 0.5) is 0 Å². The fourth-order valence-corrected chi connectivity index (χ4v) is 2.81. The van der Waals surface area contributed by atoms with E-state index in [1.807, 2.05) is 29.8 Å². The fraction of sp³-hybridized carbons (Fsp3) is 0.238. The first-order chi connectivity index (χ1) is 12.6. The van der Waals surface area contributed by atoms with Crippen LogP contribution in [0.1, 0.15) is 22.8 Å². The fourth-order valence-electron chi connectivity index (χ4n) is 2.81. The molecule has 5 heteroatoms. The summed E-state index contributed by atoms with van der Waals surface area (Å²) in [5.41, 5.74) is 4.75. The largest absolute Gasteiger partial charge is 0.383 e. The first-order valence-electron chi connectivity index (χ1n) is 8.57. The zero-order valence-corrected chi connectivity index (χ0v) is 15.3. The third-order valence-electron chi connectivity index (χ3n) is 4.16. The first-order valence-corrected chi connectivity index (χ1v) is 8.57. The highest BCUT2D eigenvalue weighted by Crippen LogP contribution is 2.25. The Balaban J connectivity index is 2.00. The maximum atomic E-state index is 12.7. The van der Waals surface area contributed by atoms with Crippen molar-refractivity contribution in [3.63, 3.8) is 0 Å². The van der Waals surface area contributed by atoms with E-state index < -0.39 is 0 Å². The lowest BCUT2D eigenvalue weighted by Crippen LogP contribution is -2.35. The Labute approximate surface area is 153 Å². The zero-order valence-electron chi connectivity index (χ0n) is 15.3. The molecule has 0 spiro atoms. The van der Waals surface area contributed by atoms with Crippen LogP contribution >= 0.6 is 0 Å². The minimum absolute atomic E-state index is 0.0628. The van der Waals surface area contributed by atoms with Gasteiger partial charge < -0.3 is 14.6 Å². The molecule has 0 aliphatic rings. The Hall–Kier alpha value is -2.92. The maximum Gasteiger partial charge on any atom is 0.251 e. The van der Waals surface area contributed by atoms with Gasteiger partial charge in [-0.05, 0) is 43.2 Å². The number of imidazole rings is 1. The highest BCUT2D eigenvalue weighted by atomic mass is 16.5. The number of carbonyl (C=O) groups is 1. The van der Waals surface area contributed by atoms with E-state index in [2.05, 4.69) is 47.6 Å². The number of carbonyl (C=O) groups excluding carboxylic acids is 1. The molecule has 3 rings (SSSR count). The number of ether oxygens (including phenoxy) is 1. The Morgan fingerprint density at radius 2 is 1.96 bits per heavy atom. The number of hydrogen-bond donors (Lipinski definition) is 1. The second-order valence-corrected chi connectivity index (χ2v) is 6.43. The topological polar surface area (TPSA) is 56.1 Å². The molecule has 0 saturated heterocycles. The molecule has 1 amide bonds. The van der Waals surface area contributed by atoms with Gasteiger partial charge in [-0.3, -0.25) is 4.79 Å². The third-order valence-corrected chi connectivity index (χ3v) is 4.16. The van der Waals surface area contributed by atoms with E-state index in [-0.39, 0.29) is 11.9 Å². The standard InChI is InChI=1S/C21H23N3O2/c1-15-4-6-17(7-5-15)18-10-19(21(25)23-16(2)13-26-3)12-20(11-18)24-9-8-22-14-24/h4-12,14,16H,13H2,1-3H3,(H,23,25). The van der Waals surface area contributed by atoms with Crippen molar-refractivity contribution in [3.05, 3.63) is 72.3 Å². The molecular weight excluding hydrogens is 326 g/mol. The molecular formula is C21H23N3O2. The molecule has 1 heterocycles. The van der Waals surface area contributed by atoms with E-state index in [1.165, 1.54) is 5.56 Å². The Morgan fingerprint density at radius 1 is 1.19 bits per heavy atom. The maximum absolute atomic E-state index is 12.7. The zero-order chi connectivity index (χ0) is 18.5. The van der Waals surface area contributed by atoms with E-state index in [4.69, 9.17) is 4.74 Å². The molecule has 1 unspecified atom stereocenters. The van der Waals surface area contributed by atoms with Gasteiger partial charge in [-0.25, -0.2) is 4.98 Å². The van der Waals surface area contributed by atoms with Crippen LogP contribution in [-0.4, -0.2) is 35.2 Å². The summed E-state index contributed by atoms with van der Waals surface area (Å²) in [6.45, 7) is 4.45. The van der Waals surface area contributed by atoms with Crippen LogP contribution in [0.15, 0.2) is 61.2 Å². The molecule has 1 atom stereocenters. The van der Waals surface area contributed by atoms with E-state index in [1.54, 1.807) is 19.6 Å². The van der Waals surface area contributed by atoms with Crippen molar-refractivity contribution in [3.8, 4) is 16.8 Å². The summed E-state index contributed by atoms with van der Waals surface area (Å²) in [7, 11) is 1.62. The predicted molar refractivity (Wildman–Crippen MR) is 103 cm³/mol. The van der Waals surface area contributed by atoms with Crippen molar-refractivity contribution in [2.45, 2.75) is 19.9 Å². The van der Waals surface area contributed by atoms with E-state index in [9.17, 15) is 4.79 Å². The summed E-state index contributed by atoms with van der Waals surface area (Å²) in [6, 6.07) is 14.1. The Morgan fingerprint density at radius 3 is 2.62 bits per heavy atom. The van der Waals surface area contributed by atoms with Crippen molar-refractivity contribution in [1.29, 1.82) is 0 Å². The summed E-state index contributed by atoms with van der Waals surface area (Å²) < 4.78 is 7.00. The monoisotopic (exact) mass is 349 g/mol. The van der Waals surface area contributed by atoms with Crippen LogP contribution in [0.2, 0.25) is 0 Å². The lowest BCUT2D eigenvalue weighted by atomic mass is 10.0. The highest BCUT2D eigenvalue weighted by Gasteiger charge is 2.13. The summed E-state index contributed by atoms with van der Waals surface area (Å²) in [6.07, 6.45) is 5.31. The van der Waals surface area contributed by atoms with Gasteiger partial charge in [-0.1, -0.05) is 29.8 Å². The van der Waals surface area contributed by atoms with Crippen LogP contribution in [-0.2, 0) is 4.74 Å². The summed E-state index contributed by atoms with van der Waals surface area (Å²) in [4.78, 5) is 16.8. The van der Waals surface area contributed by atoms with Gasteiger partial charge in [0, 0.05) is 36.8 Å². The van der Waals surface area contributed by atoms with Crippen LogP contribution < -0.4 is 5.32 Å². The molecule has 1 N–H and O–H groups in total. The molecule has 5 nitrogen and oxygen atoms in total.